The molecule has 1 aromatic carbocycles. The van der Waals surface area contributed by atoms with E-state index in [1.54, 1.807) is 5.56 Å². The zero-order valence-electron chi connectivity index (χ0n) is 8.65. The molecule has 0 saturated heterocycles. The van der Waals surface area contributed by atoms with Crippen LogP contribution in [0.1, 0.15) is 35.1 Å². The second-order valence-corrected chi connectivity index (χ2v) is 4.12. The minimum Gasteiger partial charge on any atom is -0.312 e. The van der Waals surface area contributed by atoms with E-state index < -0.39 is 0 Å². The normalized spacial score (nSPS) is 21.3. The van der Waals surface area contributed by atoms with E-state index in [0.717, 1.165) is 13.1 Å². The van der Waals surface area contributed by atoms with Gasteiger partial charge in [-0.15, -0.1) is 0 Å². The summed E-state index contributed by atoms with van der Waals surface area (Å²) in [6.07, 6.45) is 0. The Labute approximate surface area is 80.2 Å². The number of nitrogens with one attached hydrogen (secondary N) is 1. The highest BCUT2D eigenvalue weighted by Gasteiger charge is 2.18. The predicted octanol–water partition coefficient (Wildman–Crippen LogP) is 2.51. The van der Waals surface area contributed by atoms with Gasteiger partial charge in [0.25, 0.3) is 0 Å². The lowest BCUT2D eigenvalue weighted by atomic mass is 9.86. The molecular formula is C12H17N. The van der Waals surface area contributed by atoms with Crippen LogP contribution in [0.3, 0.4) is 0 Å². The van der Waals surface area contributed by atoms with Crippen molar-refractivity contribution in [3.05, 3.63) is 34.4 Å². The molecule has 13 heavy (non-hydrogen) atoms. The fraction of sp³-hybridized carbons (Fsp3) is 0.500. The summed E-state index contributed by atoms with van der Waals surface area (Å²) >= 11 is 0. The second kappa shape index (κ2) is 3.15. The van der Waals surface area contributed by atoms with Gasteiger partial charge in [-0.05, 0) is 42.0 Å². The molecule has 1 atom stereocenters. The number of aryl methyl sites for hydroxylation is 2. The van der Waals surface area contributed by atoms with Gasteiger partial charge in [0.05, 0.1) is 0 Å². The molecule has 0 saturated carbocycles. The van der Waals surface area contributed by atoms with E-state index in [2.05, 4.69) is 38.2 Å². The van der Waals surface area contributed by atoms with Crippen molar-refractivity contribution < 1.29 is 0 Å². The highest BCUT2D eigenvalue weighted by Crippen LogP contribution is 2.28. The quantitative estimate of drug-likeness (QED) is 0.639. The third-order valence-corrected chi connectivity index (χ3v) is 3.05. The lowest BCUT2D eigenvalue weighted by molar-refractivity contribution is 0.566. The van der Waals surface area contributed by atoms with Gasteiger partial charge in [-0.3, -0.25) is 0 Å². The van der Waals surface area contributed by atoms with Crippen molar-refractivity contribution in [2.75, 3.05) is 6.54 Å². The Kier molecular flexibility index (Phi) is 2.12. The SMILES string of the molecule is Cc1ccc(C)c2c1CNCC2C. The molecule has 1 aliphatic rings. The molecule has 1 aromatic rings. The van der Waals surface area contributed by atoms with E-state index in [9.17, 15) is 0 Å². The van der Waals surface area contributed by atoms with Crippen molar-refractivity contribution in [1.29, 1.82) is 0 Å². The van der Waals surface area contributed by atoms with Gasteiger partial charge in [-0.2, -0.15) is 0 Å². The summed E-state index contributed by atoms with van der Waals surface area (Å²) in [6.45, 7) is 8.90. The molecule has 0 spiro atoms. The van der Waals surface area contributed by atoms with Crippen LogP contribution in [0.25, 0.3) is 0 Å². The summed E-state index contributed by atoms with van der Waals surface area (Å²) in [7, 11) is 0. The average molecular weight is 175 g/mol. The van der Waals surface area contributed by atoms with Crippen LogP contribution in [0.15, 0.2) is 12.1 Å². The summed E-state index contributed by atoms with van der Waals surface area (Å²) in [5, 5.41) is 3.46. The van der Waals surface area contributed by atoms with Gasteiger partial charge in [0.1, 0.15) is 0 Å². The van der Waals surface area contributed by atoms with E-state index in [1.165, 1.54) is 16.7 Å². The van der Waals surface area contributed by atoms with Gasteiger partial charge in [0.2, 0.25) is 0 Å². The molecule has 70 valence electrons. The molecule has 0 radical (unpaired) electrons. The fourth-order valence-electron chi connectivity index (χ4n) is 2.33. The first-order valence-corrected chi connectivity index (χ1v) is 5.00. The standard InChI is InChI=1S/C12H17N/c1-8-4-5-9(2)12-10(3)6-13-7-11(8)12/h4-5,10,13H,6-7H2,1-3H3. The molecule has 1 unspecified atom stereocenters. The molecule has 1 heterocycles. The van der Waals surface area contributed by atoms with E-state index in [-0.39, 0.29) is 0 Å². The highest BCUT2D eigenvalue weighted by atomic mass is 14.9. The first kappa shape index (κ1) is 8.76. The van der Waals surface area contributed by atoms with Crippen molar-refractivity contribution in [3.63, 3.8) is 0 Å². The Balaban J connectivity index is 2.60. The molecular weight excluding hydrogens is 158 g/mol. The van der Waals surface area contributed by atoms with Crippen LogP contribution < -0.4 is 5.32 Å². The van der Waals surface area contributed by atoms with Crippen molar-refractivity contribution in [3.8, 4) is 0 Å². The van der Waals surface area contributed by atoms with Crippen molar-refractivity contribution >= 4 is 0 Å². The van der Waals surface area contributed by atoms with Crippen LogP contribution in [0.2, 0.25) is 0 Å². The number of hydrogen-bond acceptors (Lipinski definition) is 1. The largest absolute Gasteiger partial charge is 0.312 e. The Morgan fingerprint density at radius 1 is 1.23 bits per heavy atom. The number of fused-ring (bicyclic) bond motifs is 1. The van der Waals surface area contributed by atoms with E-state index in [4.69, 9.17) is 0 Å². The molecule has 1 nitrogen and oxygen atoms in total. The second-order valence-electron chi connectivity index (χ2n) is 4.12. The fourth-order valence-corrected chi connectivity index (χ4v) is 2.33. The van der Waals surface area contributed by atoms with Crippen LogP contribution in [0.5, 0.6) is 0 Å². The van der Waals surface area contributed by atoms with Crippen LogP contribution in [0.4, 0.5) is 0 Å². The molecule has 1 aliphatic heterocycles. The molecule has 0 bridgehead atoms. The lowest BCUT2D eigenvalue weighted by Gasteiger charge is -2.26. The summed E-state index contributed by atoms with van der Waals surface area (Å²) in [5.41, 5.74) is 5.99. The van der Waals surface area contributed by atoms with Gasteiger partial charge in [-0.1, -0.05) is 19.1 Å². The molecule has 2 rings (SSSR count). The van der Waals surface area contributed by atoms with Crippen molar-refractivity contribution in [2.45, 2.75) is 33.2 Å². The van der Waals surface area contributed by atoms with Gasteiger partial charge in [-0.25, -0.2) is 0 Å². The molecule has 0 aromatic heterocycles. The third kappa shape index (κ3) is 1.37. The topological polar surface area (TPSA) is 12.0 Å². The molecule has 0 amide bonds. The summed E-state index contributed by atoms with van der Waals surface area (Å²) in [6, 6.07) is 4.48. The van der Waals surface area contributed by atoms with Crippen LogP contribution >= 0.6 is 0 Å². The first-order chi connectivity index (χ1) is 6.20. The zero-order chi connectivity index (χ0) is 9.42. The Morgan fingerprint density at radius 2 is 1.92 bits per heavy atom. The smallest absolute Gasteiger partial charge is 0.0211 e. The number of hydrogen-bond donors (Lipinski definition) is 1. The molecule has 1 N–H and O–H groups in total. The minimum atomic E-state index is 0.670. The van der Waals surface area contributed by atoms with E-state index in [0.29, 0.717) is 5.92 Å². The van der Waals surface area contributed by atoms with Crippen molar-refractivity contribution in [1.82, 2.24) is 5.32 Å². The zero-order valence-corrected chi connectivity index (χ0v) is 8.65. The Hall–Kier alpha value is -0.820. The monoisotopic (exact) mass is 175 g/mol. The van der Waals surface area contributed by atoms with Crippen molar-refractivity contribution in [2.24, 2.45) is 0 Å². The number of rotatable bonds is 0. The van der Waals surface area contributed by atoms with Crippen LogP contribution in [-0.2, 0) is 6.54 Å². The summed E-state index contributed by atoms with van der Waals surface area (Å²) in [4.78, 5) is 0. The number of benzene rings is 1. The first-order valence-electron chi connectivity index (χ1n) is 5.00. The van der Waals surface area contributed by atoms with Crippen LogP contribution in [-0.4, -0.2) is 6.54 Å². The van der Waals surface area contributed by atoms with Gasteiger partial charge in [0, 0.05) is 13.1 Å². The third-order valence-electron chi connectivity index (χ3n) is 3.05. The maximum Gasteiger partial charge on any atom is 0.0211 e. The summed E-state index contributed by atoms with van der Waals surface area (Å²) < 4.78 is 0. The van der Waals surface area contributed by atoms with E-state index in [1.807, 2.05) is 0 Å². The molecule has 1 heteroatoms. The molecule has 0 aliphatic carbocycles. The average Bonchev–Trinajstić information content (AvgIpc) is 2.12. The van der Waals surface area contributed by atoms with Crippen LogP contribution in [0, 0.1) is 13.8 Å². The maximum atomic E-state index is 3.46. The predicted molar refractivity (Wildman–Crippen MR) is 56.0 cm³/mol. The maximum absolute atomic E-state index is 3.46. The van der Waals surface area contributed by atoms with E-state index >= 15 is 0 Å². The molecule has 0 fully saturated rings. The minimum absolute atomic E-state index is 0.670. The Bertz CT molecular complexity index is 328. The summed E-state index contributed by atoms with van der Waals surface area (Å²) in [5.74, 6) is 0.670. The Morgan fingerprint density at radius 3 is 2.62 bits per heavy atom. The lowest BCUT2D eigenvalue weighted by Crippen LogP contribution is -2.28. The van der Waals surface area contributed by atoms with Gasteiger partial charge >= 0.3 is 0 Å². The van der Waals surface area contributed by atoms with Gasteiger partial charge in [0.15, 0.2) is 0 Å². The van der Waals surface area contributed by atoms with Gasteiger partial charge < -0.3 is 5.32 Å². The highest BCUT2D eigenvalue weighted by molar-refractivity contribution is 5.43.